The van der Waals surface area contributed by atoms with Gasteiger partial charge >= 0.3 is 0 Å². The Bertz CT molecular complexity index is 239. The Morgan fingerprint density at radius 2 is 1.24 bits per heavy atom. The van der Waals surface area contributed by atoms with Crippen molar-refractivity contribution in [1.82, 2.24) is 0 Å². The number of hydrogen-bond donors (Lipinski definition) is 1. The average Bonchev–Trinajstić information content (AvgIpc) is 2.41. The van der Waals surface area contributed by atoms with E-state index in [0.717, 1.165) is 11.8 Å². The van der Waals surface area contributed by atoms with Crippen molar-refractivity contribution in [3.8, 4) is 6.07 Å². The summed E-state index contributed by atoms with van der Waals surface area (Å²) in [5.74, 6) is 1.96. The molecule has 1 unspecified atom stereocenters. The molecule has 0 spiro atoms. The average molecular weight is 234 g/mol. The van der Waals surface area contributed by atoms with Gasteiger partial charge in [0.15, 0.2) is 0 Å². The molecule has 2 N–H and O–H groups in total. The molecule has 0 heterocycles. The molecule has 2 nitrogen and oxygen atoms in total. The molecule has 2 aliphatic rings. The van der Waals surface area contributed by atoms with Crippen LogP contribution in [0.3, 0.4) is 0 Å². The second-order valence-corrected chi connectivity index (χ2v) is 6.03. The van der Waals surface area contributed by atoms with Crippen LogP contribution in [0.4, 0.5) is 0 Å². The van der Waals surface area contributed by atoms with Crippen LogP contribution >= 0.6 is 0 Å². The van der Waals surface area contributed by atoms with Gasteiger partial charge < -0.3 is 5.73 Å². The third-order valence-electron chi connectivity index (χ3n) is 4.95. The molecule has 0 saturated heterocycles. The highest BCUT2D eigenvalue weighted by molar-refractivity contribution is 4.98. The highest BCUT2D eigenvalue weighted by Crippen LogP contribution is 2.41. The standard InChI is InChI=1S/C15H26N2/c16-11-14(17)15(12-7-3-1-4-8-12)13-9-5-2-6-10-13/h12-15H,1-10,17H2. The van der Waals surface area contributed by atoms with Crippen LogP contribution in [0.15, 0.2) is 0 Å². The quantitative estimate of drug-likeness (QED) is 0.811. The summed E-state index contributed by atoms with van der Waals surface area (Å²) in [6, 6.07) is 2.12. The van der Waals surface area contributed by atoms with Crippen LogP contribution in [0.25, 0.3) is 0 Å². The molecule has 0 aromatic heterocycles. The maximum absolute atomic E-state index is 9.19. The summed E-state index contributed by atoms with van der Waals surface area (Å²) >= 11 is 0. The molecule has 2 heteroatoms. The van der Waals surface area contributed by atoms with Gasteiger partial charge in [-0.1, -0.05) is 64.2 Å². The van der Waals surface area contributed by atoms with Crippen LogP contribution in [0.1, 0.15) is 64.2 Å². The second kappa shape index (κ2) is 6.40. The fraction of sp³-hybridized carbons (Fsp3) is 0.933. The molecule has 0 aromatic carbocycles. The van der Waals surface area contributed by atoms with Crippen molar-refractivity contribution >= 4 is 0 Å². The van der Waals surface area contributed by atoms with Crippen molar-refractivity contribution in [3.63, 3.8) is 0 Å². The van der Waals surface area contributed by atoms with E-state index in [9.17, 15) is 5.26 Å². The van der Waals surface area contributed by atoms with Crippen molar-refractivity contribution in [2.24, 2.45) is 23.5 Å². The predicted octanol–water partition coefficient (Wildman–Crippen LogP) is 3.61. The van der Waals surface area contributed by atoms with E-state index in [1.54, 1.807) is 0 Å². The molecule has 0 radical (unpaired) electrons. The molecule has 17 heavy (non-hydrogen) atoms. The highest BCUT2D eigenvalue weighted by atomic mass is 14.7. The molecular weight excluding hydrogens is 208 g/mol. The van der Waals surface area contributed by atoms with Crippen molar-refractivity contribution in [3.05, 3.63) is 0 Å². The maximum Gasteiger partial charge on any atom is 0.0961 e. The predicted molar refractivity (Wildman–Crippen MR) is 70.2 cm³/mol. The molecule has 0 aliphatic heterocycles. The van der Waals surface area contributed by atoms with Gasteiger partial charge in [-0.25, -0.2) is 0 Å². The summed E-state index contributed by atoms with van der Waals surface area (Å²) in [5, 5.41) is 9.19. The van der Waals surface area contributed by atoms with Gasteiger partial charge in [0.05, 0.1) is 12.1 Å². The lowest BCUT2D eigenvalue weighted by Crippen LogP contribution is -2.40. The number of nitrogens with zero attached hydrogens (tertiary/aromatic N) is 1. The second-order valence-electron chi connectivity index (χ2n) is 6.03. The van der Waals surface area contributed by atoms with Gasteiger partial charge in [0.1, 0.15) is 0 Å². The zero-order valence-corrected chi connectivity index (χ0v) is 10.9. The van der Waals surface area contributed by atoms with E-state index in [1.807, 2.05) is 0 Å². The number of nitrogens with two attached hydrogens (primary N) is 1. The van der Waals surface area contributed by atoms with Gasteiger partial charge in [-0.05, 0) is 17.8 Å². The molecule has 2 fully saturated rings. The first-order valence-corrected chi connectivity index (χ1v) is 7.48. The van der Waals surface area contributed by atoms with E-state index < -0.39 is 0 Å². The summed E-state index contributed by atoms with van der Waals surface area (Å²) in [7, 11) is 0. The lowest BCUT2D eigenvalue weighted by Gasteiger charge is -2.39. The van der Waals surface area contributed by atoms with E-state index in [2.05, 4.69) is 6.07 Å². The van der Waals surface area contributed by atoms with E-state index in [-0.39, 0.29) is 6.04 Å². The Morgan fingerprint density at radius 3 is 1.59 bits per heavy atom. The summed E-state index contributed by atoms with van der Waals surface area (Å²) in [6.07, 6.45) is 13.4. The molecule has 96 valence electrons. The van der Waals surface area contributed by atoms with Crippen LogP contribution in [0, 0.1) is 29.1 Å². The molecule has 2 aliphatic carbocycles. The van der Waals surface area contributed by atoms with Gasteiger partial charge in [-0.15, -0.1) is 0 Å². The largest absolute Gasteiger partial charge is 0.316 e. The summed E-state index contributed by atoms with van der Waals surface area (Å²) in [4.78, 5) is 0. The molecular formula is C15H26N2. The highest BCUT2D eigenvalue weighted by Gasteiger charge is 2.35. The van der Waals surface area contributed by atoms with E-state index >= 15 is 0 Å². The first-order valence-electron chi connectivity index (χ1n) is 7.48. The van der Waals surface area contributed by atoms with Gasteiger partial charge in [-0.3, -0.25) is 0 Å². The van der Waals surface area contributed by atoms with Crippen LogP contribution in [0.5, 0.6) is 0 Å². The smallest absolute Gasteiger partial charge is 0.0961 e. The minimum absolute atomic E-state index is 0.221. The van der Waals surface area contributed by atoms with Crippen LogP contribution in [0.2, 0.25) is 0 Å². The zero-order valence-electron chi connectivity index (χ0n) is 10.9. The number of hydrogen-bond acceptors (Lipinski definition) is 2. The Hall–Kier alpha value is -0.550. The minimum Gasteiger partial charge on any atom is -0.316 e. The van der Waals surface area contributed by atoms with E-state index in [4.69, 9.17) is 5.73 Å². The lowest BCUT2D eigenvalue weighted by molar-refractivity contribution is 0.133. The first-order chi connectivity index (χ1) is 8.33. The summed E-state index contributed by atoms with van der Waals surface area (Å²) < 4.78 is 0. The van der Waals surface area contributed by atoms with Crippen molar-refractivity contribution in [1.29, 1.82) is 5.26 Å². The third-order valence-corrected chi connectivity index (χ3v) is 4.95. The number of nitriles is 1. The van der Waals surface area contributed by atoms with Crippen LogP contribution < -0.4 is 5.73 Å². The molecule has 0 bridgehead atoms. The van der Waals surface area contributed by atoms with Crippen LogP contribution in [-0.4, -0.2) is 6.04 Å². The van der Waals surface area contributed by atoms with Crippen molar-refractivity contribution in [2.45, 2.75) is 70.3 Å². The first kappa shape index (κ1) is 12.9. The zero-order chi connectivity index (χ0) is 12.1. The fourth-order valence-electron chi connectivity index (χ4n) is 4.10. The van der Waals surface area contributed by atoms with E-state index in [1.165, 1.54) is 64.2 Å². The molecule has 2 saturated carbocycles. The van der Waals surface area contributed by atoms with Crippen molar-refractivity contribution in [2.75, 3.05) is 0 Å². The molecule has 0 amide bonds. The fourth-order valence-corrected chi connectivity index (χ4v) is 4.10. The summed E-state index contributed by atoms with van der Waals surface area (Å²) in [5.41, 5.74) is 6.12. The Morgan fingerprint density at radius 1 is 0.824 bits per heavy atom. The van der Waals surface area contributed by atoms with Gasteiger partial charge in [0, 0.05) is 0 Å². The topological polar surface area (TPSA) is 49.8 Å². The molecule has 0 aromatic rings. The molecule has 2 rings (SSSR count). The van der Waals surface area contributed by atoms with Gasteiger partial charge in [0.25, 0.3) is 0 Å². The SMILES string of the molecule is N#CC(N)C(C1CCCCC1)C1CCCCC1. The monoisotopic (exact) mass is 234 g/mol. The van der Waals surface area contributed by atoms with Crippen LogP contribution in [-0.2, 0) is 0 Å². The normalized spacial score (nSPS) is 25.7. The third kappa shape index (κ3) is 3.22. The van der Waals surface area contributed by atoms with Gasteiger partial charge in [0.2, 0.25) is 0 Å². The molecule has 1 atom stereocenters. The van der Waals surface area contributed by atoms with E-state index in [0.29, 0.717) is 5.92 Å². The Labute approximate surface area is 106 Å². The minimum atomic E-state index is -0.221. The lowest BCUT2D eigenvalue weighted by atomic mass is 9.67. The van der Waals surface area contributed by atoms with Gasteiger partial charge in [-0.2, -0.15) is 5.26 Å². The maximum atomic E-state index is 9.19. The Balaban J connectivity index is 2.03. The number of rotatable bonds is 3. The van der Waals surface area contributed by atoms with Crippen molar-refractivity contribution < 1.29 is 0 Å². The summed E-state index contributed by atoms with van der Waals surface area (Å²) in [6.45, 7) is 0. The Kier molecular flexibility index (Phi) is 4.86.